The lowest BCUT2D eigenvalue weighted by atomic mass is 10.1. The van der Waals surface area contributed by atoms with Crippen molar-refractivity contribution in [3.8, 4) is 0 Å². The molecule has 24 heavy (non-hydrogen) atoms. The van der Waals surface area contributed by atoms with Crippen molar-refractivity contribution in [1.82, 2.24) is 0 Å². The zero-order valence-electron chi connectivity index (χ0n) is 13.0. The minimum Gasteiger partial charge on any atom is -0.463 e. The number of benzene rings is 2. The summed E-state index contributed by atoms with van der Waals surface area (Å²) in [6, 6.07) is 15.0. The summed E-state index contributed by atoms with van der Waals surface area (Å²) in [6.45, 7) is 0.557. The molecule has 0 bridgehead atoms. The second kappa shape index (κ2) is 7.36. The smallest absolute Gasteiger partial charge is 0.282 e. The minimum absolute atomic E-state index is 0.134. The number of hydrogen-bond donors (Lipinski definition) is 2. The number of amides is 1. The van der Waals surface area contributed by atoms with Crippen molar-refractivity contribution in [2.45, 2.75) is 18.9 Å². The number of hydrogen-bond acceptors (Lipinski definition) is 4. The van der Waals surface area contributed by atoms with Crippen molar-refractivity contribution in [1.29, 1.82) is 0 Å². The van der Waals surface area contributed by atoms with Crippen molar-refractivity contribution in [2.24, 2.45) is 10.7 Å². The lowest BCUT2D eigenvalue weighted by Crippen LogP contribution is -2.11. The Morgan fingerprint density at radius 3 is 2.54 bits per heavy atom. The predicted octanol–water partition coefficient (Wildman–Crippen LogP) is 3.24. The molecular formula is C18H18ClN3O2. The van der Waals surface area contributed by atoms with Crippen LogP contribution < -0.4 is 11.1 Å². The van der Waals surface area contributed by atoms with Crippen LogP contribution in [0, 0.1) is 0 Å². The maximum Gasteiger partial charge on any atom is 0.282 e. The molecule has 1 heterocycles. The van der Waals surface area contributed by atoms with Crippen LogP contribution >= 0.6 is 11.6 Å². The summed E-state index contributed by atoms with van der Waals surface area (Å²) < 4.78 is 5.14. The van der Waals surface area contributed by atoms with Crippen LogP contribution in [0.2, 0.25) is 5.02 Å². The number of carbonyl (C=O) groups is 1. The summed E-state index contributed by atoms with van der Waals surface area (Å²) in [5.41, 5.74) is 8.00. The number of amidine groups is 1. The Balaban J connectivity index is 1.54. The molecule has 1 amide bonds. The van der Waals surface area contributed by atoms with E-state index in [1.807, 2.05) is 24.3 Å². The molecule has 0 aliphatic carbocycles. The molecule has 0 fully saturated rings. The summed E-state index contributed by atoms with van der Waals surface area (Å²) in [7, 11) is 0. The third-order valence-corrected chi connectivity index (χ3v) is 4.07. The highest BCUT2D eigenvalue weighted by Gasteiger charge is 2.16. The first kappa shape index (κ1) is 16.3. The van der Waals surface area contributed by atoms with Gasteiger partial charge in [0.15, 0.2) is 0 Å². The van der Waals surface area contributed by atoms with Crippen molar-refractivity contribution >= 4 is 29.2 Å². The van der Waals surface area contributed by atoms with E-state index in [1.165, 1.54) is 5.56 Å². The van der Waals surface area contributed by atoms with Gasteiger partial charge < -0.3 is 15.8 Å². The third-order valence-electron chi connectivity index (χ3n) is 3.82. The molecule has 3 rings (SSSR count). The molecule has 2 aromatic carbocycles. The topological polar surface area (TPSA) is 76.7 Å². The van der Waals surface area contributed by atoms with Crippen LogP contribution in [0.1, 0.15) is 22.3 Å². The van der Waals surface area contributed by atoms with Crippen LogP contribution in [-0.4, -0.2) is 24.6 Å². The van der Waals surface area contributed by atoms with E-state index in [4.69, 9.17) is 22.1 Å². The largest absolute Gasteiger partial charge is 0.463 e. The number of nitrogens with two attached hydrogens (primary N) is 1. The molecule has 1 atom stereocenters. The summed E-state index contributed by atoms with van der Waals surface area (Å²) in [5.74, 6) is -0.160. The van der Waals surface area contributed by atoms with Crippen molar-refractivity contribution in [3.63, 3.8) is 0 Å². The molecule has 0 radical (unpaired) electrons. The van der Waals surface area contributed by atoms with Crippen LogP contribution in [-0.2, 0) is 11.2 Å². The van der Waals surface area contributed by atoms with Crippen molar-refractivity contribution in [2.75, 3.05) is 11.9 Å². The molecule has 6 heteroatoms. The average molecular weight is 344 g/mol. The molecule has 1 aliphatic heterocycles. The Kier molecular flexibility index (Phi) is 5.01. The van der Waals surface area contributed by atoms with Gasteiger partial charge in [-0.1, -0.05) is 23.7 Å². The highest BCUT2D eigenvalue weighted by molar-refractivity contribution is 6.30. The van der Waals surface area contributed by atoms with E-state index in [9.17, 15) is 4.79 Å². The van der Waals surface area contributed by atoms with E-state index in [2.05, 4.69) is 10.3 Å². The van der Waals surface area contributed by atoms with Gasteiger partial charge in [0.05, 0.1) is 6.04 Å². The van der Waals surface area contributed by atoms with Crippen molar-refractivity contribution in [3.05, 3.63) is 64.7 Å². The number of aliphatic imine (C=N–C) groups is 1. The average Bonchev–Trinajstić information content (AvgIpc) is 3.00. The highest BCUT2D eigenvalue weighted by atomic mass is 35.5. The molecule has 2 aromatic rings. The summed E-state index contributed by atoms with van der Waals surface area (Å²) >= 11 is 5.82. The van der Waals surface area contributed by atoms with Crippen LogP contribution in [0.25, 0.3) is 0 Å². The van der Waals surface area contributed by atoms with Gasteiger partial charge in [0.2, 0.25) is 0 Å². The Morgan fingerprint density at radius 1 is 1.21 bits per heavy atom. The second-order valence-corrected chi connectivity index (χ2v) is 6.07. The molecule has 1 aliphatic rings. The molecule has 124 valence electrons. The molecule has 0 unspecified atom stereocenters. The zero-order valence-corrected chi connectivity index (χ0v) is 13.8. The highest BCUT2D eigenvalue weighted by Crippen LogP contribution is 2.16. The van der Waals surface area contributed by atoms with Gasteiger partial charge in [-0.05, 0) is 54.8 Å². The van der Waals surface area contributed by atoms with Gasteiger partial charge in [0.25, 0.3) is 11.9 Å². The number of nitrogens with zero attached hydrogens (tertiary/aromatic N) is 1. The van der Waals surface area contributed by atoms with E-state index in [0.717, 1.165) is 18.5 Å². The Bertz CT molecular complexity index is 742. The Labute approximate surface area is 145 Å². The SMILES string of the molecule is NC1=N[C@@H](CCc2ccc(NC(=O)c3ccc(Cl)cc3)cc2)CO1. The number of ether oxygens (including phenoxy) is 1. The van der Waals surface area contributed by atoms with E-state index in [-0.39, 0.29) is 18.0 Å². The molecule has 0 aromatic heterocycles. The first-order chi connectivity index (χ1) is 11.6. The summed E-state index contributed by atoms with van der Waals surface area (Å²) in [5, 5.41) is 3.47. The lowest BCUT2D eigenvalue weighted by Gasteiger charge is -2.08. The maximum absolute atomic E-state index is 12.1. The van der Waals surface area contributed by atoms with Gasteiger partial charge in [0.1, 0.15) is 6.61 Å². The van der Waals surface area contributed by atoms with Crippen LogP contribution in [0.5, 0.6) is 0 Å². The molecule has 0 saturated heterocycles. The number of anilines is 1. The lowest BCUT2D eigenvalue weighted by molar-refractivity contribution is 0.102. The van der Waals surface area contributed by atoms with E-state index in [0.29, 0.717) is 17.2 Å². The first-order valence-corrected chi connectivity index (χ1v) is 8.10. The third kappa shape index (κ3) is 4.26. The second-order valence-electron chi connectivity index (χ2n) is 5.63. The van der Waals surface area contributed by atoms with Gasteiger partial charge in [-0.15, -0.1) is 0 Å². The van der Waals surface area contributed by atoms with E-state index >= 15 is 0 Å². The molecule has 3 N–H and O–H groups in total. The molecule has 0 spiro atoms. The van der Waals surface area contributed by atoms with Gasteiger partial charge in [-0.3, -0.25) is 4.79 Å². The number of nitrogens with one attached hydrogen (secondary N) is 1. The number of aryl methyl sites for hydroxylation is 1. The fraction of sp³-hybridized carbons (Fsp3) is 0.222. The first-order valence-electron chi connectivity index (χ1n) is 7.72. The van der Waals surface area contributed by atoms with Gasteiger partial charge >= 0.3 is 0 Å². The van der Waals surface area contributed by atoms with E-state index in [1.54, 1.807) is 24.3 Å². The van der Waals surface area contributed by atoms with Crippen molar-refractivity contribution < 1.29 is 9.53 Å². The Hall–Kier alpha value is -2.53. The van der Waals surface area contributed by atoms with Crippen LogP contribution in [0.4, 0.5) is 5.69 Å². The fourth-order valence-corrected chi connectivity index (χ4v) is 2.60. The normalized spacial score (nSPS) is 16.4. The Morgan fingerprint density at radius 2 is 1.92 bits per heavy atom. The monoisotopic (exact) mass is 343 g/mol. The number of halogens is 1. The summed E-state index contributed by atoms with van der Waals surface area (Å²) in [4.78, 5) is 16.4. The quantitative estimate of drug-likeness (QED) is 0.875. The van der Waals surface area contributed by atoms with Gasteiger partial charge in [-0.25, -0.2) is 4.99 Å². The maximum atomic E-state index is 12.1. The minimum atomic E-state index is -0.160. The van der Waals surface area contributed by atoms with E-state index < -0.39 is 0 Å². The standard InChI is InChI=1S/C18H18ClN3O2/c19-14-6-4-13(5-7-14)17(23)21-15-8-1-12(2-9-15)3-10-16-11-24-18(20)22-16/h1-2,4-9,16H,3,10-11H2,(H2,20,22)(H,21,23)/t16-/m0/s1. The zero-order chi connectivity index (χ0) is 16.9. The number of rotatable bonds is 5. The summed E-state index contributed by atoms with van der Waals surface area (Å²) in [6.07, 6.45) is 1.77. The predicted molar refractivity (Wildman–Crippen MR) is 95.5 cm³/mol. The van der Waals surface area contributed by atoms with Crippen LogP contribution in [0.15, 0.2) is 53.5 Å². The molecule has 0 saturated carbocycles. The van der Waals surface area contributed by atoms with Crippen LogP contribution in [0.3, 0.4) is 0 Å². The number of carbonyl (C=O) groups excluding carboxylic acids is 1. The molecule has 5 nitrogen and oxygen atoms in total. The van der Waals surface area contributed by atoms with Gasteiger partial charge in [0, 0.05) is 16.3 Å². The fourth-order valence-electron chi connectivity index (χ4n) is 2.48. The van der Waals surface area contributed by atoms with Gasteiger partial charge in [-0.2, -0.15) is 0 Å². The molecular weight excluding hydrogens is 326 g/mol.